The second-order valence-corrected chi connectivity index (χ2v) is 5.48. The summed E-state index contributed by atoms with van der Waals surface area (Å²) in [5.41, 5.74) is 2.64. The topological polar surface area (TPSA) is 38.3 Å². The largest absolute Gasteiger partial charge is 0.497 e. The highest BCUT2D eigenvalue weighted by atomic mass is 16.5. The number of rotatable bonds is 5. The molecule has 0 saturated heterocycles. The fourth-order valence-corrected chi connectivity index (χ4v) is 2.70. The lowest BCUT2D eigenvalue weighted by atomic mass is 9.90. The molecular formula is C21H19NO2. The van der Waals surface area contributed by atoms with Gasteiger partial charge in [0.05, 0.1) is 13.0 Å². The van der Waals surface area contributed by atoms with E-state index in [1.54, 1.807) is 7.11 Å². The van der Waals surface area contributed by atoms with Crippen molar-refractivity contribution in [1.82, 2.24) is 0 Å². The smallest absolute Gasteiger partial charge is 0.236 e. The molecule has 3 heteroatoms. The number of ether oxygens (including phenoxy) is 1. The quantitative estimate of drug-likeness (QED) is 0.754. The molecule has 1 N–H and O–H groups in total. The minimum absolute atomic E-state index is 0.0688. The van der Waals surface area contributed by atoms with Gasteiger partial charge >= 0.3 is 0 Å². The molecule has 0 fully saturated rings. The molecule has 3 aromatic carbocycles. The van der Waals surface area contributed by atoms with Crippen LogP contribution < -0.4 is 10.1 Å². The Kier molecular flexibility index (Phi) is 4.92. The predicted octanol–water partition coefficient (Wildman–Crippen LogP) is 4.47. The van der Waals surface area contributed by atoms with Crippen molar-refractivity contribution in [3.8, 4) is 5.75 Å². The van der Waals surface area contributed by atoms with E-state index in [-0.39, 0.29) is 11.8 Å². The van der Waals surface area contributed by atoms with E-state index in [2.05, 4.69) is 5.32 Å². The Bertz CT molecular complexity index is 761. The number of benzene rings is 3. The molecule has 1 amide bonds. The van der Waals surface area contributed by atoms with E-state index in [0.717, 1.165) is 16.8 Å². The first-order valence-electron chi connectivity index (χ1n) is 7.83. The maximum absolute atomic E-state index is 13.0. The van der Waals surface area contributed by atoms with Crippen LogP contribution in [0, 0.1) is 0 Å². The highest BCUT2D eigenvalue weighted by Crippen LogP contribution is 2.27. The predicted molar refractivity (Wildman–Crippen MR) is 96.4 cm³/mol. The van der Waals surface area contributed by atoms with Gasteiger partial charge in [-0.3, -0.25) is 4.79 Å². The van der Waals surface area contributed by atoms with Crippen molar-refractivity contribution in [3.05, 3.63) is 96.1 Å². The van der Waals surface area contributed by atoms with Crippen LogP contribution in [0.4, 0.5) is 5.69 Å². The van der Waals surface area contributed by atoms with Crippen LogP contribution in [0.5, 0.6) is 5.75 Å². The van der Waals surface area contributed by atoms with E-state index in [1.807, 2.05) is 84.9 Å². The van der Waals surface area contributed by atoms with E-state index in [9.17, 15) is 4.79 Å². The maximum atomic E-state index is 13.0. The van der Waals surface area contributed by atoms with Gasteiger partial charge in [0.2, 0.25) is 5.91 Å². The van der Waals surface area contributed by atoms with Gasteiger partial charge in [0, 0.05) is 11.8 Å². The zero-order chi connectivity index (χ0) is 16.8. The van der Waals surface area contributed by atoms with Crippen LogP contribution in [0.1, 0.15) is 17.0 Å². The monoisotopic (exact) mass is 317 g/mol. The van der Waals surface area contributed by atoms with E-state index in [4.69, 9.17) is 4.74 Å². The van der Waals surface area contributed by atoms with Crippen molar-refractivity contribution < 1.29 is 9.53 Å². The van der Waals surface area contributed by atoms with Crippen LogP contribution in [-0.2, 0) is 4.79 Å². The van der Waals surface area contributed by atoms with Gasteiger partial charge in [0.1, 0.15) is 5.75 Å². The molecule has 0 aliphatic heterocycles. The normalized spacial score (nSPS) is 10.4. The Labute approximate surface area is 141 Å². The molecule has 0 atom stereocenters. The minimum Gasteiger partial charge on any atom is -0.497 e. The van der Waals surface area contributed by atoms with Crippen molar-refractivity contribution in [2.24, 2.45) is 0 Å². The van der Waals surface area contributed by atoms with E-state index in [0.29, 0.717) is 5.75 Å². The van der Waals surface area contributed by atoms with Gasteiger partial charge in [0.15, 0.2) is 0 Å². The van der Waals surface area contributed by atoms with Gasteiger partial charge < -0.3 is 10.1 Å². The van der Waals surface area contributed by atoms with Crippen LogP contribution in [0.2, 0.25) is 0 Å². The summed E-state index contributed by atoms with van der Waals surface area (Å²) in [6.07, 6.45) is 0. The first kappa shape index (κ1) is 15.8. The summed E-state index contributed by atoms with van der Waals surface area (Å²) in [6, 6.07) is 27.0. The first-order chi connectivity index (χ1) is 11.8. The summed E-state index contributed by atoms with van der Waals surface area (Å²) in [5, 5.41) is 2.99. The molecule has 0 radical (unpaired) electrons. The summed E-state index contributed by atoms with van der Waals surface area (Å²) >= 11 is 0. The van der Waals surface area contributed by atoms with Crippen molar-refractivity contribution in [2.75, 3.05) is 12.4 Å². The average Bonchev–Trinajstić information content (AvgIpc) is 2.64. The van der Waals surface area contributed by atoms with E-state index in [1.165, 1.54) is 0 Å². The van der Waals surface area contributed by atoms with Gasteiger partial charge in [-0.2, -0.15) is 0 Å². The Morgan fingerprint density at radius 1 is 0.833 bits per heavy atom. The van der Waals surface area contributed by atoms with E-state index >= 15 is 0 Å². The Morgan fingerprint density at radius 3 is 1.96 bits per heavy atom. The van der Waals surface area contributed by atoms with Crippen molar-refractivity contribution in [2.45, 2.75) is 5.92 Å². The highest BCUT2D eigenvalue weighted by Gasteiger charge is 2.22. The van der Waals surface area contributed by atoms with Crippen molar-refractivity contribution >= 4 is 11.6 Å². The number of carbonyl (C=O) groups is 1. The standard InChI is InChI=1S/C21H19NO2/c1-24-19-14-8-13-18(15-19)22-21(23)20(16-9-4-2-5-10-16)17-11-6-3-7-12-17/h2-15,20H,1H3,(H,22,23). The molecule has 0 aliphatic rings. The second kappa shape index (κ2) is 7.47. The number of hydrogen-bond acceptors (Lipinski definition) is 2. The summed E-state index contributed by atoms with van der Waals surface area (Å²) < 4.78 is 5.21. The summed E-state index contributed by atoms with van der Waals surface area (Å²) in [6.45, 7) is 0. The molecule has 0 unspecified atom stereocenters. The third kappa shape index (κ3) is 3.63. The van der Waals surface area contributed by atoms with Gasteiger partial charge in [-0.05, 0) is 23.3 Å². The minimum atomic E-state index is -0.362. The summed E-state index contributed by atoms with van der Waals surface area (Å²) in [4.78, 5) is 13.0. The number of nitrogens with one attached hydrogen (secondary N) is 1. The first-order valence-corrected chi connectivity index (χ1v) is 7.83. The average molecular weight is 317 g/mol. The molecule has 3 rings (SSSR count). The van der Waals surface area contributed by atoms with Crippen LogP contribution in [0.25, 0.3) is 0 Å². The molecule has 0 saturated carbocycles. The van der Waals surface area contributed by atoms with Crippen LogP contribution in [-0.4, -0.2) is 13.0 Å². The number of hydrogen-bond donors (Lipinski definition) is 1. The molecule has 0 bridgehead atoms. The molecule has 3 aromatic rings. The molecular weight excluding hydrogens is 298 g/mol. The molecule has 0 aliphatic carbocycles. The lowest BCUT2D eigenvalue weighted by molar-refractivity contribution is -0.116. The Morgan fingerprint density at radius 2 is 1.42 bits per heavy atom. The Balaban J connectivity index is 1.92. The molecule has 0 heterocycles. The number of carbonyl (C=O) groups excluding carboxylic acids is 1. The number of amides is 1. The molecule has 0 aromatic heterocycles. The van der Waals surface area contributed by atoms with Gasteiger partial charge in [0.25, 0.3) is 0 Å². The third-order valence-corrected chi connectivity index (χ3v) is 3.87. The zero-order valence-electron chi connectivity index (χ0n) is 13.5. The SMILES string of the molecule is COc1cccc(NC(=O)C(c2ccccc2)c2ccccc2)c1. The van der Waals surface area contributed by atoms with E-state index < -0.39 is 0 Å². The fraction of sp³-hybridized carbons (Fsp3) is 0.0952. The fourth-order valence-electron chi connectivity index (χ4n) is 2.70. The van der Waals surface area contributed by atoms with Crippen LogP contribution in [0.15, 0.2) is 84.9 Å². The highest BCUT2D eigenvalue weighted by molar-refractivity contribution is 5.98. The van der Waals surface area contributed by atoms with Gasteiger partial charge in [-0.1, -0.05) is 66.7 Å². The van der Waals surface area contributed by atoms with Crippen LogP contribution in [0.3, 0.4) is 0 Å². The Hall–Kier alpha value is -3.07. The molecule has 120 valence electrons. The molecule has 24 heavy (non-hydrogen) atoms. The van der Waals surface area contributed by atoms with Crippen molar-refractivity contribution in [1.29, 1.82) is 0 Å². The van der Waals surface area contributed by atoms with Gasteiger partial charge in [-0.25, -0.2) is 0 Å². The lowest BCUT2D eigenvalue weighted by Crippen LogP contribution is -2.22. The molecule has 0 spiro atoms. The summed E-state index contributed by atoms with van der Waals surface area (Å²) in [5.74, 6) is 0.281. The second-order valence-electron chi connectivity index (χ2n) is 5.48. The van der Waals surface area contributed by atoms with Gasteiger partial charge in [-0.15, -0.1) is 0 Å². The summed E-state index contributed by atoms with van der Waals surface area (Å²) in [7, 11) is 1.61. The van der Waals surface area contributed by atoms with Crippen molar-refractivity contribution in [3.63, 3.8) is 0 Å². The number of anilines is 1. The lowest BCUT2D eigenvalue weighted by Gasteiger charge is -2.18. The zero-order valence-corrected chi connectivity index (χ0v) is 13.5. The maximum Gasteiger partial charge on any atom is 0.236 e. The molecule has 3 nitrogen and oxygen atoms in total. The van der Waals surface area contributed by atoms with Crippen LogP contribution >= 0.6 is 0 Å². The number of methoxy groups -OCH3 is 1. The third-order valence-electron chi connectivity index (χ3n) is 3.87.